The van der Waals surface area contributed by atoms with Crippen LogP contribution >= 0.6 is 0 Å². The molecular formula is C20H24N2O7. The van der Waals surface area contributed by atoms with Gasteiger partial charge in [-0.1, -0.05) is 13.8 Å². The number of methoxy groups -OCH3 is 2. The Morgan fingerprint density at radius 1 is 1.10 bits per heavy atom. The summed E-state index contributed by atoms with van der Waals surface area (Å²) in [5, 5.41) is 5.15. The van der Waals surface area contributed by atoms with E-state index in [1.165, 1.54) is 26.5 Å². The SMILES string of the molecule is COc1ccc(OC)c(NC(=O)COC(=O)[C@@H](NC(=O)c2ccco2)C(C)C)c1. The van der Waals surface area contributed by atoms with Crippen molar-refractivity contribution < 1.29 is 33.0 Å². The van der Waals surface area contributed by atoms with Crippen LogP contribution in [0, 0.1) is 5.92 Å². The molecule has 1 atom stereocenters. The van der Waals surface area contributed by atoms with E-state index >= 15 is 0 Å². The van der Waals surface area contributed by atoms with E-state index in [1.54, 1.807) is 38.1 Å². The topological polar surface area (TPSA) is 116 Å². The first-order valence-electron chi connectivity index (χ1n) is 8.88. The molecule has 9 heteroatoms. The Labute approximate surface area is 168 Å². The van der Waals surface area contributed by atoms with E-state index < -0.39 is 30.4 Å². The minimum atomic E-state index is -0.938. The zero-order chi connectivity index (χ0) is 21.4. The number of carbonyl (C=O) groups excluding carboxylic acids is 3. The van der Waals surface area contributed by atoms with Gasteiger partial charge in [0, 0.05) is 6.07 Å². The second-order valence-electron chi connectivity index (χ2n) is 6.39. The molecule has 0 unspecified atom stereocenters. The Morgan fingerprint density at radius 3 is 2.45 bits per heavy atom. The number of rotatable bonds is 9. The van der Waals surface area contributed by atoms with Crippen LogP contribution in [-0.4, -0.2) is 44.7 Å². The summed E-state index contributed by atoms with van der Waals surface area (Å²) in [7, 11) is 2.96. The van der Waals surface area contributed by atoms with Crippen LogP contribution < -0.4 is 20.1 Å². The highest BCUT2D eigenvalue weighted by molar-refractivity contribution is 5.96. The van der Waals surface area contributed by atoms with Crippen LogP contribution in [0.2, 0.25) is 0 Å². The molecule has 1 aromatic carbocycles. The standard InChI is InChI=1S/C20H24N2O7/c1-12(2)18(22-19(24)16-6-5-9-28-16)20(25)29-11-17(23)21-14-10-13(26-3)7-8-15(14)27-4/h5-10,12,18H,11H2,1-4H3,(H,21,23)(H,22,24)/t18-/m0/s1. The number of hydrogen-bond acceptors (Lipinski definition) is 7. The van der Waals surface area contributed by atoms with Gasteiger partial charge in [-0.15, -0.1) is 0 Å². The molecule has 0 spiro atoms. The summed E-state index contributed by atoms with van der Waals surface area (Å²) < 4.78 is 20.4. The molecule has 2 amide bonds. The predicted octanol–water partition coefficient (Wildman–Crippen LogP) is 2.23. The quantitative estimate of drug-likeness (QED) is 0.616. The molecule has 0 aliphatic carbocycles. The van der Waals surface area contributed by atoms with E-state index in [9.17, 15) is 14.4 Å². The molecule has 156 valence electrons. The summed E-state index contributed by atoms with van der Waals surface area (Å²) in [4.78, 5) is 36.7. The molecule has 1 aromatic heterocycles. The van der Waals surface area contributed by atoms with Crippen molar-refractivity contribution in [3.63, 3.8) is 0 Å². The van der Waals surface area contributed by atoms with Gasteiger partial charge in [0.05, 0.1) is 26.2 Å². The third-order valence-electron chi connectivity index (χ3n) is 3.98. The lowest BCUT2D eigenvalue weighted by Crippen LogP contribution is -2.45. The number of benzene rings is 1. The van der Waals surface area contributed by atoms with Gasteiger partial charge in [-0.05, 0) is 30.2 Å². The van der Waals surface area contributed by atoms with Crippen LogP contribution in [0.4, 0.5) is 5.69 Å². The van der Waals surface area contributed by atoms with Crippen molar-refractivity contribution in [3.05, 3.63) is 42.4 Å². The van der Waals surface area contributed by atoms with E-state index in [0.717, 1.165) is 0 Å². The molecule has 2 N–H and O–H groups in total. The van der Waals surface area contributed by atoms with Crippen molar-refractivity contribution in [1.82, 2.24) is 5.32 Å². The van der Waals surface area contributed by atoms with Gasteiger partial charge in [0.25, 0.3) is 11.8 Å². The zero-order valence-electron chi connectivity index (χ0n) is 16.7. The van der Waals surface area contributed by atoms with Crippen molar-refractivity contribution in [1.29, 1.82) is 0 Å². The van der Waals surface area contributed by atoms with Gasteiger partial charge < -0.3 is 29.3 Å². The minimum absolute atomic E-state index is 0.0753. The first-order chi connectivity index (χ1) is 13.8. The molecule has 0 aliphatic rings. The highest BCUT2D eigenvalue weighted by Crippen LogP contribution is 2.28. The van der Waals surface area contributed by atoms with E-state index in [1.807, 2.05) is 0 Å². The van der Waals surface area contributed by atoms with Crippen molar-refractivity contribution in [2.75, 3.05) is 26.1 Å². The number of carbonyl (C=O) groups is 3. The molecule has 9 nitrogen and oxygen atoms in total. The normalized spacial score (nSPS) is 11.5. The van der Waals surface area contributed by atoms with E-state index in [4.69, 9.17) is 18.6 Å². The lowest BCUT2D eigenvalue weighted by Gasteiger charge is -2.20. The highest BCUT2D eigenvalue weighted by atomic mass is 16.5. The van der Waals surface area contributed by atoms with Crippen LogP contribution in [0.5, 0.6) is 11.5 Å². The van der Waals surface area contributed by atoms with Crippen LogP contribution in [0.3, 0.4) is 0 Å². The van der Waals surface area contributed by atoms with Crippen molar-refractivity contribution in [2.45, 2.75) is 19.9 Å². The van der Waals surface area contributed by atoms with Crippen molar-refractivity contribution in [2.24, 2.45) is 5.92 Å². The average molecular weight is 404 g/mol. The average Bonchev–Trinajstić information content (AvgIpc) is 3.24. The molecule has 0 fully saturated rings. The van der Waals surface area contributed by atoms with Gasteiger partial charge in [-0.3, -0.25) is 9.59 Å². The smallest absolute Gasteiger partial charge is 0.329 e. The number of ether oxygens (including phenoxy) is 3. The monoisotopic (exact) mass is 404 g/mol. The first kappa shape index (κ1) is 21.8. The van der Waals surface area contributed by atoms with Crippen LogP contribution in [0.15, 0.2) is 41.0 Å². The third-order valence-corrected chi connectivity index (χ3v) is 3.98. The fourth-order valence-corrected chi connectivity index (χ4v) is 2.44. The Kier molecular flexibility index (Phi) is 7.64. The molecule has 0 saturated carbocycles. The maximum absolute atomic E-state index is 12.4. The molecular weight excluding hydrogens is 380 g/mol. The zero-order valence-corrected chi connectivity index (χ0v) is 16.7. The highest BCUT2D eigenvalue weighted by Gasteiger charge is 2.27. The van der Waals surface area contributed by atoms with Gasteiger partial charge >= 0.3 is 5.97 Å². The summed E-state index contributed by atoms with van der Waals surface area (Å²) in [5.74, 6) is -1.07. The Balaban J connectivity index is 1.95. The fraction of sp³-hybridized carbons (Fsp3) is 0.350. The van der Waals surface area contributed by atoms with Crippen molar-refractivity contribution >= 4 is 23.5 Å². The maximum Gasteiger partial charge on any atom is 0.329 e. The summed E-state index contributed by atoms with van der Waals surface area (Å²) in [6.45, 7) is 2.96. The van der Waals surface area contributed by atoms with Crippen LogP contribution in [0.25, 0.3) is 0 Å². The Morgan fingerprint density at radius 2 is 1.86 bits per heavy atom. The summed E-state index contributed by atoms with van der Waals surface area (Å²) in [6, 6.07) is 7.01. The predicted molar refractivity (Wildman–Crippen MR) is 104 cm³/mol. The molecule has 1 heterocycles. The number of nitrogens with one attached hydrogen (secondary N) is 2. The molecule has 0 radical (unpaired) electrons. The number of anilines is 1. The van der Waals surface area contributed by atoms with Gasteiger partial charge in [0.1, 0.15) is 17.5 Å². The summed E-state index contributed by atoms with van der Waals surface area (Å²) in [5.41, 5.74) is 0.374. The fourth-order valence-electron chi connectivity index (χ4n) is 2.44. The number of amides is 2. The van der Waals surface area contributed by atoms with Crippen LogP contribution in [-0.2, 0) is 14.3 Å². The molecule has 0 saturated heterocycles. The van der Waals surface area contributed by atoms with Crippen molar-refractivity contribution in [3.8, 4) is 11.5 Å². The summed E-state index contributed by atoms with van der Waals surface area (Å²) >= 11 is 0. The lowest BCUT2D eigenvalue weighted by molar-refractivity contribution is -0.150. The van der Waals surface area contributed by atoms with E-state index in [-0.39, 0.29) is 11.7 Å². The molecule has 0 bridgehead atoms. The van der Waals surface area contributed by atoms with Gasteiger partial charge in [-0.2, -0.15) is 0 Å². The maximum atomic E-state index is 12.4. The Bertz CT molecular complexity index is 847. The van der Waals surface area contributed by atoms with Crippen LogP contribution in [0.1, 0.15) is 24.4 Å². The minimum Gasteiger partial charge on any atom is -0.497 e. The Hall–Kier alpha value is -3.49. The second kappa shape index (κ2) is 10.2. The number of furan rings is 1. The van der Waals surface area contributed by atoms with Gasteiger partial charge in [-0.25, -0.2) is 4.79 Å². The second-order valence-corrected chi connectivity index (χ2v) is 6.39. The third kappa shape index (κ3) is 6.00. The van der Waals surface area contributed by atoms with E-state index in [2.05, 4.69) is 10.6 Å². The van der Waals surface area contributed by atoms with Gasteiger partial charge in [0.15, 0.2) is 12.4 Å². The molecule has 2 aromatic rings. The molecule has 29 heavy (non-hydrogen) atoms. The lowest BCUT2D eigenvalue weighted by atomic mass is 10.0. The summed E-state index contributed by atoms with van der Waals surface area (Å²) in [6.07, 6.45) is 1.36. The molecule has 0 aliphatic heterocycles. The van der Waals surface area contributed by atoms with E-state index in [0.29, 0.717) is 17.2 Å². The number of hydrogen-bond donors (Lipinski definition) is 2. The largest absolute Gasteiger partial charge is 0.497 e. The van der Waals surface area contributed by atoms with Gasteiger partial charge in [0.2, 0.25) is 0 Å². The first-order valence-corrected chi connectivity index (χ1v) is 8.88. The molecule has 2 rings (SSSR count). The number of esters is 1.